The first kappa shape index (κ1) is 16.0. The molecule has 0 radical (unpaired) electrons. The number of alkyl halides is 1. The van der Waals surface area contributed by atoms with Crippen molar-refractivity contribution in [3.63, 3.8) is 0 Å². The smallest absolute Gasteiger partial charge is 0.251 e. The number of carbonyl (C=O) groups is 1. The fourth-order valence-corrected chi connectivity index (χ4v) is 2.36. The first-order valence-corrected chi connectivity index (χ1v) is 7.33. The Balaban J connectivity index is 2.78. The van der Waals surface area contributed by atoms with Crippen molar-refractivity contribution < 1.29 is 4.79 Å². The highest BCUT2D eigenvalue weighted by Gasteiger charge is 2.21. The van der Waals surface area contributed by atoms with E-state index in [0.717, 1.165) is 17.5 Å². The maximum absolute atomic E-state index is 12.3. The molecule has 0 saturated heterocycles. The third-order valence-electron chi connectivity index (χ3n) is 3.19. The summed E-state index contributed by atoms with van der Waals surface area (Å²) in [6.45, 7) is 9.13. The van der Waals surface area contributed by atoms with E-state index in [0.29, 0.717) is 18.3 Å². The lowest BCUT2D eigenvalue weighted by Gasteiger charge is -2.22. The lowest BCUT2D eigenvalue weighted by Crippen LogP contribution is -2.30. The van der Waals surface area contributed by atoms with Crippen LogP contribution in [0.1, 0.15) is 50.0 Å². The minimum Gasteiger partial charge on any atom is -0.352 e. The minimum atomic E-state index is -0.0321. The Hall–Kier alpha value is -1.02. The van der Waals surface area contributed by atoms with Gasteiger partial charge in [-0.2, -0.15) is 0 Å². The third-order valence-corrected chi connectivity index (χ3v) is 3.41. The molecule has 2 nitrogen and oxygen atoms in total. The van der Waals surface area contributed by atoms with Crippen molar-refractivity contribution in [1.82, 2.24) is 5.32 Å². The number of nitrogens with one attached hydrogen (secondary N) is 1. The van der Waals surface area contributed by atoms with Gasteiger partial charge in [0.1, 0.15) is 0 Å². The van der Waals surface area contributed by atoms with Crippen molar-refractivity contribution >= 4 is 17.5 Å². The standard InChI is InChI=1S/C16H24ClNO/c1-12(9-10-17)11-18-15(19)13-7-5-6-8-14(13)16(2,3)4/h5-8,12H,9-11H2,1-4H3,(H,18,19). The van der Waals surface area contributed by atoms with E-state index >= 15 is 0 Å². The number of hydrogen-bond donors (Lipinski definition) is 1. The number of rotatable bonds is 5. The number of benzene rings is 1. The van der Waals surface area contributed by atoms with E-state index in [-0.39, 0.29) is 11.3 Å². The molecule has 0 heterocycles. The summed E-state index contributed by atoms with van der Waals surface area (Å²) in [4.78, 5) is 12.3. The molecular formula is C16H24ClNO. The van der Waals surface area contributed by atoms with Crippen LogP contribution in [0.25, 0.3) is 0 Å². The predicted molar refractivity (Wildman–Crippen MR) is 82.0 cm³/mol. The van der Waals surface area contributed by atoms with E-state index in [1.54, 1.807) is 0 Å². The van der Waals surface area contributed by atoms with E-state index < -0.39 is 0 Å². The van der Waals surface area contributed by atoms with E-state index in [9.17, 15) is 4.79 Å². The molecule has 106 valence electrons. The van der Waals surface area contributed by atoms with E-state index in [4.69, 9.17) is 11.6 Å². The van der Waals surface area contributed by atoms with Crippen molar-refractivity contribution in [1.29, 1.82) is 0 Å². The summed E-state index contributed by atoms with van der Waals surface area (Å²) < 4.78 is 0. The monoisotopic (exact) mass is 281 g/mol. The molecule has 1 unspecified atom stereocenters. The third kappa shape index (κ3) is 4.87. The Kier molecular flexibility index (Phi) is 5.86. The van der Waals surface area contributed by atoms with Crippen LogP contribution >= 0.6 is 11.6 Å². The second kappa shape index (κ2) is 6.95. The number of halogens is 1. The van der Waals surface area contributed by atoms with Crippen LogP contribution in [0, 0.1) is 5.92 Å². The normalized spacial score (nSPS) is 13.1. The van der Waals surface area contributed by atoms with Gasteiger partial charge >= 0.3 is 0 Å². The zero-order chi connectivity index (χ0) is 14.5. The van der Waals surface area contributed by atoms with Gasteiger partial charge in [0.2, 0.25) is 0 Å². The van der Waals surface area contributed by atoms with E-state index in [2.05, 4.69) is 33.0 Å². The molecule has 0 aliphatic heterocycles. The molecule has 0 aromatic heterocycles. The molecule has 0 bridgehead atoms. The molecule has 0 saturated carbocycles. The van der Waals surface area contributed by atoms with Crippen LogP contribution in [0.3, 0.4) is 0 Å². The number of amides is 1. The highest BCUT2D eigenvalue weighted by atomic mass is 35.5. The zero-order valence-corrected chi connectivity index (χ0v) is 13.1. The van der Waals surface area contributed by atoms with Crippen molar-refractivity contribution in [2.75, 3.05) is 12.4 Å². The summed E-state index contributed by atoms with van der Waals surface area (Å²) >= 11 is 5.70. The van der Waals surface area contributed by atoms with Gasteiger partial charge in [-0.15, -0.1) is 11.6 Å². The topological polar surface area (TPSA) is 29.1 Å². The molecule has 1 amide bonds. The molecule has 0 fully saturated rings. The summed E-state index contributed by atoms with van der Waals surface area (Å²) in [5.74, 6) is 1.05. The Morgan fingerprint density at radius 2 is 1.95 bits per heavy atom. The molecule has 1 rings (SSSR count). The first-order chi connectivity index (χ1) is 8.86. The van der Waals surface area contributed by atoms with Crippen molar-refractivity contribution in [2.24, 2.45) is 5.92 Å². The molecule has 1 aromatic rings. The Morgan fingerprint density at radius 3 is 2.53 bits per heavy atom. The molecule has 3 heteroatoms. The van der Waals surface area contributed by atoms with Gasteiger partial charge in [-0.05, 0) is 29.4 Å². The van der Waals surface area contributed by atoms with Crippen molar-refractivity contribution in [2.45, 2.75) is 39.5 Å². The van der Waals surface area contributed by atoms with Gasteiger partial charge in [0.25, 0.3) is 5.91 Å². The molecule has 1 atom stereocenters. The largest absolute Gasteiger partial charge is 0.352 e. The van der Waals surface area contributed by atoms with E-state index in [1.165, 1.54) is 0 Å². The minimum absolute atomic E-state index is 0.00643. The summed E-state index contributed by atoms with van der Waals surface area (Å²) in [5.41, 5.74) is 1.82. The lowest BCUT2D eigenvalue weighted by atomic mass is 9.83. The molecule has 0 aliphatic carbocycles. The Morgan fingerprint density at radius 1 is 1.32 bits per heavy atom. The summed E-state index contributed by atoms with van der Waals surface area (Å²) in [6, 6.07) is 7.80. The molecule has 0 spiro atoms. The lowest BCUT2D eigenvalue weighted by molar-refractivity contribution is 0.0945. The zero-order valence-electron chi connectivity index (χ0n) is 12.3. The van der Waals surface area contributed by atoms with Crippen LogP contribution in [-0.2, 0) is 5.41 Å². The maximum atomic E-state index is 12.3. The van der Waals surface area contributed by atoms with Gasteiger partial charge in [-0.25, -0.2) is 0 Å². The fourth-order valence-electron chi connectivity index (χ4n) is 1.99. The van der Waals surface area contributed by atoms with Crippen LogP contribution in [0.15, 0.2) is 24.3 Å². The molecule has 19 heavy (non-hydrogen) atoms. The highest BCUT2D eigenvalue weighted by molar-refractivity contribution is 6.17. The van der Waals surface area contributed by atoms with Crippen LogP contribution < -0.4 is 5.32 Å². The summed E-state index contributed by atoms with van der Waals surface area (Å²) in [5, 5.41) is 3.00. The van der Waals surface area contributed by atoms with E-state index in [1.807, 2.05) is 24.3 Å². The Labute approximate surface area is 121 Å². The molecule has 1 aromatic carbocycles. The number of carbonyl (C=O) groups excluding carboxylic acids is 1. The van der Waals surface area contributed by atoms with Crippen LogP contribution in [-0.4, -0.2) is 18.3 Å². The van der Waals surface area contributed by atoms with Gasteiger partial charge in [0.15, 0.2) is 0 Å². The fraction of sp³-hybridized carbons (Fsp3) is 0.562. The molecule has 1 N–H and O–H groups in total. The second-order valence-electron chi connectivity index (χ2n) is 6.09. The van der Waals surface area contributed by atoms with Gasteiger partial charge in [-0.1, -0.05) is 45.9 Å². The van der Waals surface area contributed by atoms with Crippen LogP contribution in [0.2, 0.25) is 0 Å². The first-order valence-electron chi connectivity index (χ1n) is 6.80. The second-order valence-corrected chi connectivity index (χ2v) is 6.47. The molecule has 0 aliphatic rings. The Bertz CT molecular complexity index is 423. The van der Waals surface area contributed by atoms with Crippen LogP contribution in [0.4, 0.5) is 0 Å². The van der Waals surface area contributed by atoms with Crippen molar-refractivity contribution in [3.05, 3.63) is 35.4 Å². The molecular weight excluding hydrogens is 258 g/mol. The van der Waals surface area contributed by atoms with Gasteiger partial charge in [0, 0.05) is 18.0 Å². The summed E-state index contributed by atoms with van der Waals surface area (Å²) in [6.07, 6.45) is 0.919. The number of hydrogen-bond acceptors (Lipinski definition) is 1. The average molecular weight is 282 g/mol. The highest BCUT2D eigenvalue weighted by Crippen LogP contribution is 2.25. The quantitative estimate of drug-likeness (QED) is 0.813. The van der Waals surface area contributed by atoms with Crippen molar-refractivity contribution in [3.8, 4) is 0 Å². The maximum Gasteiger partial charge on any atom is 0.251 e. The SMILES string of the molecule is CC(CCCl)CNC(=O)c1ccccc1C(C)(C)C. The van der Waals surface area contributed by atoms with Gasteiger partial charge in [-0.3, -0.25) is 4.79 Å². The van der Waals surface area contributed by atoms with Gasteiger partial charge < -0.3 is 5.32 Å². The van der Waals surface area contributed by atoms with Crippen LogP contribution in [0.5, 0.6) is 0 Å². The summed E-state index contributed by atoms with van der Waals surface area (Å²) in [7, 11) is 0. The van der Waals surface area contributed by atoms with Gasteiger partial charge in [0.05, 0.1) is 0 Å². The average Bonchev–Trinajstić information content (AvgIpc) is 2.35. The predicted octanol–water partition coefficient (Wildman–Crippen LogP) is 3.98.